The van der Waals surface area contributed by atoms with Crippen molar-refractivity contribution >= 4 is 16.7 Å². The Balaban J connectivity index is 1.61. The first-order chi connectivity index (χ1) is 11.5. The van der Waals surface area contributed by atoms with E-state index in [-0.39, 0.29) is 6.04 Å². The van der Waals surface area contributed by atoms with E-state index < -0.39 is 12.5 Å². The van der Waals surface area contributed by atoms with Gasteiger partial charge in [0.1, 0.15) is 12.1 Å². The van der Waals surface area contributed by atoms with Gasteiger partial charge in [0.2, 0.25) is 0 Å². The molecule has 1 aromatic heterocycles. The SMILES string of the molecule is Cc1ccc2ncnc(NC3CCC(N[C@@H](C)C(F)F)CC3)c2c1. The van der Waals surface area contributed by atoms with Crippen LogP contribution in [0, 0.1) is 6.92 Å². The number of halogens is 2. The lowest BCUT2D eigenvalue weighted by Crippen LogP contribution is -2.44. The van der Waals surface area contributed by atoms with Gasteiger partial charge < -0.3 is 10.6 Å². The Bertz CT molecular complexity index is 684. The van der Waals surface area contributed by atoms with E-state index in [1.54, 1.807) is 13.3 Å². The summed E-state index contributed by atoms with van der Waals surface area (Å²) in [5, 5.41) is 7.59. The summed E-state index contributed by atoms with van der Waals surface area (Å²) in [5.41, 5.74) is 2.11. The van der Waals surface area contributed by atoms with Crippen molar-refractivity contribution in [2.75, 3.05) is 5.32 Å². The maximum atomic E-state index is 12.6. The Morgan fingerprint density at radius 1 is 1.08 bits per heavy atom. The number of rotatable bonds is 5. The van der Waals surface area contributed by atoms with Crippen LogP contribution in [0.1, 0.15) is 38.2 Å². The quantitative estimate of drug-likeness (QED) is 0.870. The number of alkyl halides is 2. The van der Waals surface area contributed by atoms with E-state index in [1.165, 1.54) is 5.56 Å². The molecule has 1 aliphatic carbocycles. The summed E-state index contributed by atoms with van der Waals surface area (Å²) in [6.45, 7) is 3.60. The van der Waals surface area contributed by atoms with Crippen LogP contribution >= 0.6 is 0 Å². The number of benzene rings is 1. The average Bonchev–Trinajstić information content (AvgIpc) is 2.57. The first-order valence-electron chi connectivity index (χ1n) is 8.55. The zero-order valence-corrected chi connectivity index (χ0v) is 14.1. The number of nitrogens with zero attached hydrogens (tertiary/aromatic N) is 2. The van der Waals surface area contributed by atoms with Gasteiger partial charge in [-0.15, -0.1) is 0 Å². The highest BCUT2D eigenvalue weighted by Crippen LogP contribution is 2.26. The van der Waals surface area contributed by atoms with E-state index >= 15 is 0 Å². The summed E-state index contributed by atoms with van der Waals surface area (Å²) in [6, 6.07) is 5.90. The van der Waals surface area contributed by atoms with Crippen molar-refractivity contribution in [1.82, 2.24) is 15.3 Å². The molecule has 0 saturated heterocycles. The molecule has 1 aliphatic rings. The fourth-order valence-corrected chi connectivity index (χ4v) is 3.33. The fraction of sp³-hybridized carbons (Fsp3) is 0.556. The molecule has 0 aliphatic heterocycles. The van der Waals surface area contributed by atoms with E-state index in [9.17, 15) is 8.78 Å². The summed E-state index contributed by atoms with van der Waals surface area (Å²) in [6.07, 6.45) is 2.97. The highest BCUT2D eigenvalue weighted by molar-refractivity contribution is 5.89. The standard InChI is InChI=1S/C18H24F2N4/c1-11-3-8-16-15(9-11)18(22-10-21-16)24-14-6-4-13(5-7-14)23-12(2)17(19)20/h3,8-10,12-14,17,23H,4-7H2,1-2H3,(H,21,22,24)/t12-,13?,14?/m0/s1. The zero-order valence-electron chi connectivity index (χ0n) is 14.1. The van der Waals surface area contributed by atoms with Gasteiger partial charge in [0.05, 0.1) is 11.6 Å². The molecule has 1 saturated carbocycles. The second kappa shape index (κ2) is 7.38. The van der Waals surface area contributed by atoms with Crippen LogP contribution in [0.4, 0.5) is 14.6 Å². The fourth-order valence-electron chi connectivity index (χ4n) is 3.33. The molecule has 130 valence electrons. The second-order valence-corrected chi connectivity index (χ2v) is 6.73. The summed E-state index contributed by atoms with van der Waals surface area (Å²) in [5.74, 6) is 0.862. The van der Waals surface area contributed by atoms with E-state index in [1.807, 2.05) is 12.1 Å². The highest BCUT2D eigenvalue weighted by atomic mass is 19.3. The molecular formula is C18H24F2N4. The van der Waals surface area contributed by atoms with Gasteiger partial charge in [-0.2, -0.15) is 0 Å². The van der Waals surface area contributed by atoms with Crippen molar-refractivity contribution in [1.29, 1.82) is 0 Å². The molecule has 24 heavy (non-hydrogen) atoms. The molecule has 2 N–H and O–H groups in total. The van der Waals surface area contributed by atoms with Gasteiger partial charge in [0, 0.05) is 17.5 Å². The summed E-state index contributed by atoms with van der Waals surface area (Å²) in [4.78, 5) is 8.70. The van der Waals surface area contributed by atoms with Crippen LogP contribution in [0.2, 0.25) is 0 Å². The number of fused-ring (bicyclic) bond motifs is 1. The van der Waals surface area contributed by atoms with Crippen LogP contribution in [-0.2, 0) is 0 Å². The van der Waals surface area contributed by atoms with Crippen LogP contribution < -0.4 is 10.6 Å². The molecule has 4 nitrogen and oxygen atoms in total. The van der Waals surface area contributed by atoms with E-state index in [0.29, 0.717) is 6.04 Å². The Kier molecular flexibility index (Phi) is 5.23. The van der Waals surface area contributed by atoms with Gasteiger partial charge in [-0.1, -0.05) is 11.6 Å². The van der Waals surface area contributed by atoms with E-state index in [2.05, 4.69) is 33.6 Å². The van der Waals surface area contributed by atoms with Crippen molar-refractivity contribution in [3.05, 3.63) is 30.1 Å². The molecule has 2 aromatic rings. The lowest BCUT2D eigenvalue weighted by atomic mass is 9.90. The second-order valence-electron chi connectivity index (χ2n) is 6.73. The largest absolute Gasteiger partial charge is 0.367 e. The molecule has 3 rings (SSSR count). The number of aryl methyl sites for hydroxylation is 1. The van der Waals surface area contributed by atoms with Gasteiger partial charge in [0.25, 0.3) is 6.43 Å². The molecule has 0 bridgehead atoms. The molecular weight excluding hydrogens is 310 g/mol. The first-order valence-corrected chi connectivity index (χ1v) is 8.55. The summed E-state index contributed by atoms with van der Waals surface area (Å²) in [7, 11) is 0. The molecule has 0 unspecified atom stereocenters. The minimum Gasteiger partial charge on any atom is -0.367 e. The first kappa shape index (κ1) is 17.0. The number of aromatic nitrogens is 2. The number of anilines is 1. The van der Waals surface area contributed by atoms with Crippen LogP contribution in [0.25, 0.3) is 10.9 Å². The molecule has 6 heteroatoms. The van der Waals surface area contributed by atoms with Crippen molar-refractivity contribution in [2.45, 2.75) is 64.1 Å². The predicted molar refractivity (Wildman–Crippen MR) is 92.5 cm³/mol. The van der Waals surface area contributed by atoms with Gasteiger partial charge in [0.15, 0.2) is 0 Å². The third-order valence-electron chi connectivity index (χ3n) is 4.74. The summed E-state index contributed by atoms with van der Waals surface area (Å²) < 4.78 is 25.3. The topological polar surface area (TPSA) is 49.8 Å². The molecule has 0 radical (unpaired) electrons. The van der Waals surface area contributed by atoms with Crippen molar-refractivity contribution in [3.8, 4) is 0 Å². The van der Waals surface area contributed by atoms with Gasteiger partial charge >= 0.3 is 0 Å². The van der Waals surface area contributed by atoms with Crippen LogP contribution in [-0.4, -0.2) is 34.5 Å². The van der Waals surface area contributed by atoms with Crippen LogP contribution in [0.5, 0.6) is 0 Å². The Hall–Kier alpha value is -1.82. The summed E-state index contributed by atoms with van der Waals surface area (Å²) >= 11 is 0. The van der Waals surface area contributed by atoms with Crippen LogP contribution in [0.3, 0.4) is 0 Å². The maximum absolute atomic E-state index is 12.6. The minimum absolute atomic E-state index is 0.177. The lowest BCUT2D eigenvalue weighted by Gasteiger charge is -2.32. The Morgan fingerprint density at radius 2 is 1.79 bits per heavy atom. The molecule has 1 heterocycles. The van der Waals surface area contributed by atoms with Crippen molar-refractivity contribution < 1.29 is 8.78 Å². The molecule has 0 spiro atoms. The third kappa shape index (κ3) is 3.98. The third-order valence-corrected chi connectivity index (χ3v) is 4.74. The molecule has 0 amide bonds. The Morgan fingerprint density at radius 3 is 2.50 bits per heavy atom. The van der Waals surface area contributed by atoms with E-state index in [4.69, 9.17) is 0 Å². The smallest absolute Gasteiger partial charge is 0.253 e. The molecule has 1 atom stereocenters. The maximum Gasteiger partial charge on any atom is 0.253 e. The lowest BCUT2D eigenvalue weighted by molar-refractivity contribution is 0.0960. The Labute approximate surface area is 141 Å². The van der Waals surface area contributed by atoms with Gasteiger partial charge in [-0.25, -0.2) is 18.7 Å². The molecule has 1 aromatic carbocycles. The number of hydrogen-bond donors (Lipinski definition) is 2. The molecule has 1 fully saturated rings. The average molecular weight is 334 g/mol. The monoisotopic (exact) mass is 334 g/mol. The number of hydrogen-bond acceptors (Lipinski definition) is 4. The number of nitrogens with one attached hydrogen (secondary N) is 2. The van der Waals surface area contributed by atoms with Crippen molar-refractivity contribution in [2.24, 2.45) is 0 Å². The van der Waals surface area contributed by atoms with Crippen LogP contribution in [0.15, 0.2) is 24.5 Å². The highest BCUT2D eigenvalue weighted by Gasteiger charge is 2.25. The van der Waals surface area contributed by atoms with E-state index in [0.717, 1.165) is 42.4 Å². The normalized spacial score (nSPS) is 22.7. The minimum atomic E-state index is -2.31. The zero-order chi connectivity index (χ0) is 17.1. The predicted octanol–water partition coefficient (Wildman–Crippen LogP) is 3.90. The van der Waals surface area contributed by atoms with Gasteiger partial charge in [-0.05, 0) is 51.7 Å². The van der Waals surface area contributed by atoms with Gasteiger partial charge in [-0.3, -0.25) is 0 Å². The van der Waals surface area contributed by atoms with Crippen molar-refractivity contribution in [3.63, 3.8) is 0 Å².